The van der Waals surface area contributed by atoms with E-state index in [-0.39, 0.29) is 0 Å². The molecule has 0 saturated heterocycles. The molecule has 0 unspecified atom stereocenters. The molecular formula is C7H2ClF3N2O3. The van der Waals surface area contributed by atoms with Crippen LogP contribution in [-0.4, -0.2) is 15.1 Å². The number of nitro groups is 1. The van der Waals surface area contributed by atoms with Crippen molar-refractivity contribution in [1.29, 1.82) is 0 Å². The second kappa shape index (κ2) is 4.44. The summed E-state index contributed by atoms with van der Waals surface area (Å²) in [5, 5.41) is 9.06. The number of aromatic nitrogens is 1. The summed E-state index contributed by atoms with van der Waals surface area (Å²) in [6.45, 7) is 0. The monoisotopic (exact) mass is 254 g/mol. The molecule has 0 radical (unpaired) electrons. The number of hydrogen-bond donors (Lipinski definition) is 0. The van der Waals surface area contributed by atoms with E-state index in [1.54, 1.807) is 0 Å². The van der Waals surface area contributed by atoms with Crippen LogP contribution in [0.1, 0.15) is 22.5 Å². The highest BCUT2D eigenvalue weighted by Gasteiger charge is 2.31. The number of pyridine rings is 1. The Morgan fingerprint density at radius 2 is 2.12 bits per heavy atom. The zero-order valence-electron chi connectivity index (χ0n) is 7.29. The van der Waals surface area contributed by atoms with E-state index in [0.717, 1.165) is 0 Å². The van der Waals surface area contributed by atoms with Crippen LogP contribution in [0, 0.1) is 15.9 Å². The first-order chi connectivity index (χ1) is 7.36. The lowest BCUT2D eigenvalue weighted by Crippen LogP contribution is -2.07. The molecule has 0 bridgehead atoms. The molecule has 0 atom stereocenters. The lowest BCUT2D eigenvalue weighted by molar-refractivity contribution is -0.388. The van der Waals surface area contributed by atoms with Crippen molar-refractivity contribution < 1.29 is 22.9 Å². The third-order valence-electron chi connectivity index (χ3n) is 1.62. The molecule has 0 spiro atoms. The summed E-state index contributed by atoms with van der Waals surface area (Å²) >= 11 is 4.92. The minimum absolute atomic E-state index is 0.443. The average Bonchev–Trinajstić information content (AvgIpc) is 2.15. The van der Waals surface area contributed by atoms with Gasteiger partial charge in [-0.1, -0.05) is 0 Å². The van der Waals surface area contributed by atoms with Crippen LogP contribution < -0.4 is 0 Å². The Morgan fingerprint density at radius 3 is 2.50 bits per heavy atom. The second-order valence-corrected chi connectivity index (χ2v) is 2.89. The number of hydrogen-bond acceptors (Lipinski definition) is 4. The molecule has 0 N–H and O–H groups in total. The first kappa shape index (κ1) is 12.4. The van der Waals surface area contributed by atoms with Gasteiger partial charge < -0.3 is 0 Å². The summed E-state index contributed by atoms with van der Waals surface area (Å²) in [7, 11) is 0. The highest BCUT2D eigenvalue weighted by molar-refractivity contribution is 6.68. The Balaban J connectivity index is 3.54. The van der Waals surface area contributed by atoms with Crippen LogP contribution in [0.15, 0.2) is 6.20 Å². The van der Waals surface area contributed by atoms with E-state index in [2.05, 4.69) is 4.98 Å². The summed E-state index contributed by atoms with van der Waals surface area (Å²) in [5.74, 6) is -1.86. The molecule has 1 rings (SSSR count). The molecule has 1 heterocycles. The van der Waals surface area contributed by atoms with Gasteiger partial charge in [0, 0.05) is 6.20 Å². The Labute approximate surface area is 91.0 Å². The highest BCUT2D eigenvalue weighted by atomic mass is 35.5. The average molecular weight is 255 g/mol. The second-order valence-electron chi connectivity index (χ2n) is 2.55. The first-order valence-corrected chi connectivity index (χ1v) is 4.04. The van der Waals surface area contributed by atoms with E-state index in [1.807, 2.05) is 0 Å². The Hall–Kier alpha value is -1.70. The molecule has 86 valence electrons. The summed E-state index contributed by atoms with van der Waals surface area (Å²) in [6, 6.07) is 0. The predicted molar refractivity (Wildman–Crippen MR) is 46.0 cm³/mol. The maximum atomic E-state index is 13.2. The summed E-state index contributed by atoms with van der Waals surface area (Å²) in [5.41, 5.74) is -3.66. The maximum Gasteiger partial charge on any atom is 0.320 e. The van der Waals surface area contributed by atoms with Crippen molar-refractivity contribution >= 4 is 22.5 Å². The lowest BCUT2D eigenvalue weighted by atomic mass is 10.2. The summed E-state index contributed by atoms with van der Waals surface area (Å²) < 4.78 is 37.5. The molecule has 0 aromatic carbocycles. The largest absolute Gasteiger partial charge is 0.320 e. The molecule has 0 saturated carbocycles. The number of alkyl halides is 2. The smallest absolute Gasteiger partial charge is 0.275 e. The standard InChI is InChI=1S/C7H2ClF3N2O3/c8-6(14)2-1-12-4(7(10)11)3(9)5(2)13(15)16/h1,7H. The van der Waals surface area contributed by atoms with Gasteiger partial charge in [-0.25, -0.2) is 8.78 Å². The van der Waals surface area contributed by atoms with Crippen LogP contribution in [0.2, 0.25) is 0 Å². The van der Waals surface area contributed by atoms with Crippen molar-refractivity contribution in [2.45, 2.75) is 6.43 Å². The van der Waals surface area contributed by atoms with E-state index in [4.69, 9.17) is 11.6 Å². The van der Waals surface area contributed by atoms with Crippen LogP contribution in [0.3, 0.4) is 0 Å². The molecule has 9 heteroatoms. The number of nitrogens with zero attached hydrogens (tertiary/aromatic N) is 2. The fourth-order valence-electron chi connectivity index (χ4n) is 0.966. The van der Waals surface area contributed by atoms with Gasteiger partial charge in [0.25, 0.3) is 11.7 Å². The van der Waals surface area contributed by atoms with Gasteiger partial charge >= 0.3 is 5.69 Å². The molecule has 5 nitrogen and oxygen atoms in total. The van der Waals surface area contributed by atoms with E-state index < -0.39 is 39.4 Å². The molecule has 0 amide bonds. The molecule has 0 aliphatic heterocycles. The lowest BCUT2D eigenvalue weighted by Gasteiger charge is -2.03. The van der Waals surface area contributed by atoms with E-state index in [1.165, 1.54) is 0 Å². The number of halogens is 4. The maximum absolute atomic E-state index is 13.2. The van der Waals surface area contributed by atoms with Crippen molar-refractivity contribution in [3.8, 4) is 0 Å². The normalized spacial score (nSPS) is 10.6. The highest BCUT2D eigenvalue weighted by Crippen LogP contribution is 2.29. The predicted octanol–water partition coefficient (Wildman–Crippen LogP) is 2.45. The molecule has 1 aromatic rings. The van der Waals surface area contributed by atoms with Crippen molar-refractivity contribution in [2.24, 2.45) is 0 Å². The molecule has 0 aliphatic rings. The van der Waals surface area contributed by atoms with Crippen LogP contribution in [-0.2, 0) is 0 Å². The Kier molecular flexibility index (Phi) is 3.43. The number of rotatable bonds is 3. The van der Waals surface area contributed by atoms with Crippen molar-refractivity contribution in [3.63, 3.8) is 0 Å². The van der Waals surface area contributed by atoms with Gasteiger partial charge in [-0.05, 0) is 11.6 Å². The zero-order valence-corrected chi connectivity index (χ0v) is 8.04. The van der Waals surface area contributed by atoms with E-state index in [9.17, 15) is 28.1 Å². The van der Waals surface area contributed by atoms with Gasteiger partial charge in [0.1, 0.15) is 11.3 Å². The topological polar surface area (TPSA) is 73.1 Å². The summed E-state index contributed by atoms with van der Waals surface area (Å²) in [4.78, 5) is 22.7. The van der Waals surface area contributed by atoms with Gasteiger partial charge in [0.05, 0.1) is 4.92 Å². The van der Waals surface area contributed by atoms with Gasteiger partial charge in [-0.3, -0.25) is 19.9 Å². The van der Waals surface area contributed by atoms with Gasteiger partial charge in [-0.2, -0.15) is 4.39 Å². The van der Waals surface area contributed by atoms with Crippen LogP contribution in [0.5, 0.6) is 0 Å². The molecular weight excluding hydrogens is 253 g/mol. The van der Waals surface area contributed by atoms with Crippen molar-refractivity contribution in [3.05, 3.63) is 33.4 Å². The van der Waals surface area contributed by atoms with Gasteiger partial charge in [0.15, 0.2) is 0 Å². The number of carbonyl (C=O) groups is 1. The minimum atomic E-state index is -3.32. The Bertz CT molecular complexity index is 466. The van der Waals surface area contributed by atoms with Crippen molar-refractivity contribution in [2.75, 3.05) is 0 Å². The van der Waals surface area contributed by atoms with E-state index >= 15 is 0 Å². The molecule has 16 heavy (non-hydrogen) atoms. The minimum Gasteiger partial charge on any atom is -0.275 e. The Morgan fingerprint density at radius 1 is 1.56 bits per heavy atom. The molecule has 0 fully saturated rings. The quantitative estimate of drug-likeness (QED) is 0.472. The fraction of sp³-hybridized carbons (Fsp3) is 0.143. The third-order valence-corrected chi connectivity index (χ3v) is 1.83. The summed E-state index contributed by atoms with van der Waals surface area (Å²) in [6.07, 6.45) is -2.88. The van der Waals surface area contributed by atoms with Crippen molar-refractivity contribution in [1.82, 2.24) is 4.98 Å². The molecule has 1 aromatic heterocycles. The van der Waals surface area contributed by atoms with Gasteiger partial charge in [0.2, 0.25) is 5.82 Å². The van der Waals surface area contributed by atoms with Gasteiger partial charge in [-0.15, -0.1) is 0 Å². The molecule has 0 aliphatic carbocycles. The van der Waals surface area contributed by atoms with Crippen LogP contribution in [0.25, 0.3) is 0 Å². The van der Waals surface area contributed by atoms with Crippen LogP contribution >= 0.6 is 11.6 Å². The van der Waals surface area contributed by atoms with E-state index in [0.29, 0.717) is 6.20 Å². The first-order valence-electron chi connectivity index (χ1n) is 3.67. The zero-order chi connectivity index (χ0) is 12.5. The van der Waals surface area contributed by atoms with Crippen LogP contribution in [0.4, 0.5) is 18.9 Å². The third kappa shape index (κ3) is 2.11. The SMILES string of the molecule is O=C(Cl)c1cnc(C(F)F)c(F)c1[N+](=O)[O-]. The fourth-order valence-corrected chi connectivity index (χ4v) is 1.10. The number of carbonyl (C=O) groups excluding carboxylic acids is 1.